The Balaban J connectivity index is 2.21. The number of likely N-dealkylation sites (tertiary alicyclic amines) is 1. The molecule has 1 aromatic heterocycles. The van der Waals surface area contributed by atoms with Crippen molar-refractivity contribution in [1.29, 1.82) is 0 Å². The number of carboxylic acid groups (broad SMARTS) is 2. The van der Waals surface area contributed by atoms with Gasteiger partial charge in [-0.15, -0.1) is 11.3 Å². The Hall–Kier alpha value is -2.74. The van der Waals surface area contributed by atoms with Crippen molar-refractivity contribution in [2.45, 2.75) is 45.2 Å². The molecular formula is C21H24N2O5S. The Labute approximate surface area is 173 Å². The molecule has 1 aromatic carbocycles. The zero-order chi connectivity index (χ0) is 21.3. The molecule has 1 fully saturated rings. The molecule has 1 amide bonds. The molecule has 0 bridgehead atoms. The van der Waals surface area contributed by atoms with Gasteiger partial charge in [0.05, 0.1) is 12.0 Å². The van der Waals surface area contributed by atoms with Crippen molar-refractivity contribution in [2.75, 3.05) is 0 Å². The van der Waals surface area contributed by atoms with E-state index >= 15 is 0 Å². The third kappa shape index (κ3) is 3.76. The fourth-order valence-corrected chi connectivity index (χ4v) is 4.99. The third-order valence-corrected chi connectivity index (χ3v) is 6.21. The Bertz CT molecular complexity index is 910. The number of thiazole rings is 1. The minimum atomic E-state index is -1.62. The summed E-state index contributed by atoms with van der Waals surface area (Å²) in [6.07, 6.45) is 1.54. The zero-order valence-corrected chi connectivity index (χ0v) is 17.3. The number of carbonyl (C=O) groups is 3. The summed E-state index contributed by atoms with van der Waals surface area (Å²) in [5.74, 6) is -3.90. The predicted octanol–water partition coefficient (Wildman–Crippen LogP) is 3.61. The van der Waals surface area contributed by atoms with Gasteiger partial charge < -0.3 is 15.1 Å². The Morgan fingerprint density at radius 2 is 1.90 bits per heavy atom. The summed E-state index contributed by atoms with van der Waals surface area (Å²) in [7, 11) is 0. The minimum Gasteiger partial charge on any atom is -0.481 e. The summed E-state index contributed by atoms with van der Waals surface area (Å²) in [4.78, 5) is 43.7. The van der Waals surface area contributed by atoms with Crippen LogP contribution in [0.25, 0.3) is 0 Å². The summed E-state index contributed by atoms with van der Waals surface area (Å²) < 4.78 is 0. The van der Waals surface area contributed by atoms with Crippen LogP contribution in [0, 0.1) is 18.8 Å². The van der Waals surface area contributed by atoms with Crippen LogP contribution < -0.4 is 0 Å². The summed E-state index contributed by atoms with van der Waals surface area (Å²) in [6, 6.07) is 5.91. The van der Waals surface area contributed by atoms with E-state index in [9.17, 15) is 24.6 Å². The molecule has 1 aliphatic heterocycles. The van der Waals surface area contributed by atoms with Crippen LogP contribution in [0.15, 0.2) is 35.8 Å². The molecule has 8 heteroatoms. The lowest BCUT2D eigenvalue weighted by molar-refractivity contribution is -0.150. The average Bonchev–Trinajstić information content (AvgIpc) is 3.27. The lowest BCUT2D eigenvalue weighted by Crippen LogP contribution is -2.54. The van der Waals surface area contributed by atoms with E-state index in [2.05, 4.69) is 4.98 Å². The van der Waals surface area contributed by atoms with Crippen molar-refractivity contribution in [1.82, 2.24) is 9.88 Å². The molecular weight excluding hydrogens is 392 g/mol. The lowest BCUT2D eigenvalue weighted by Gasteiger charge is -2.38. The number of carbonyl (C=O) groups excluding carboxylic acids is 1. The molecule has 0 saturated carbocycles. The van der Waals surface area contributed by atoms with Crippen molar-refractivity contribution in [2.24, 2.45) is 11.8 Å². The van der Waals surface area contributed by atoms with Gasteiger partial charge >= 0.3 is 11.9 Å². The second-order valence-electron chi connectivity index (χ2n) is 7.94. The first-order valence-electron chi connectivity index (χ1n) is 9.43. The van der Waals surface area contributed by atoms with Gasteiger partial charge in [0.1, 0.15) is 10.5 Å². The highest BCUT2D eigenvalue weighted by atomic mass is 32.1. The second-order valence-corrected chi connectivity index (χ2v) is 8.87. The first kappa shape index (κ1) is 21.0. The van der Waals surface area contributed by atoms with Gasteiger partial charge in [-0.3, -0.25) is 9.59 Å². The van der Waals surface area contributed by atoms with Gasteiger partial charge in [-0.25, -0.2) is 9.78 Å². The van der Waals surface area contributed by atoms with Gasteiger partial charge in [0, 0.05) is 17.1 Å². The molecule has 3 atom stereocenters. The van der Waals surface area contributed by atoms with Crippen LogP contribution >= 0.6 is 11.3 Å². The molecule has 3 rings (SSSR count). The largest absolute Gasteiger partial charge is 0.481 e. The summed E-state index contributed by atoms with van der Waals surface area (Å²) >= 11 is 1.23. The fourth-order valence-electron chi connectivity index (χ4n) is 4.20. The molecule has 0 radical (unpaired) electrons. The van der Waals surface area contributed by atoms with Crippen LogP contribution in [0.3, 0.4) is 0 Å². The van der Waals surface area contributed by atoms with E-state index < -0.39 is 35.3 Å². The third-order valence-electron chi connectivity index (χ3n) is 5.36. The lowest BCUT2D eigenvalue weighted by atomic mass is 9.83. The van der Waals surface area contributed by atoms with E-state index in [1.165, 1.54) is 22.4 Å². The second kappa shape index (κ2) is 7.94. The van der Waals surface area contributed by atoms with Crippen molar-refractivity contribution in [3.63, 3.8) is 0 Å². The Kier molecular flexibility index (Phi) is 5.75. The van der Waals surface area contributed by atoms with Gasteiger partial charge in [-0.2, -0.15) is 0 Å². The molecule has 154 valence electrons. The van der Waals surface area contributed by atoms with E-state index in [0.29, 0.717) is 10.6 Å². The van der Waals surface area contributed by atoms with E-state index in [4.69, 9.17) is 0 Å². The van der Waals surface area contributed by atoms with Crippen molar-refractivity contribution >= 4 is 29.2 Å². The molecule has 0 aliphatic carbocycles. The summed E-state index contributed by atoms with van der Waals surface area (Å²) in [5.41, 5.74) is -0.317. The SMILES string of the molecule is Cc1ccc(C(=O)N2C(c3nccs3)C(C(=O)O)CC2(CC(C)C)C(=O)O)cc1. The molecule has 1 aliphatic rings. The molecule has 2 aromatic rings. The first-order valence-corrected chi connectivity index (χ1v) is 10.3. The van der Waals surface area contributed by atoms with Crippen LogP contribution in [0.1, 0.15) is 53.7 Å². The Morgan fingerprint density at radius 3 is 2.38 bits per heavy atom. The smallest absolute Gasteiger partial charge is 0.329 e. The number of aryl methyl sites for hydroxylation is 1. The number of aromatic nitrogens is 1. The van der Waals surface area contributed by atoms with E-state index in [1.54, 1.807) is 29.6 Å². The number of carboxylic acids is 2. The quantitative estimate of drug-likeness (QED) is 0.745. The monoisotopic (exact) mass is 416 g/mol. The number of hydrogen-bond acceptors (Lipinski definition) is 5. The van der Waals surface area contributed by atoms with Gasteiger partial charge in [-0.1, -0.05) is 31.5 Å². The van der Waals surface area contributed by atoms with Crippen molar-refractivity contribution in [3.05, 3.63) is 52.0 Å². The summed E-state index contributed by atoms with van der Waals surface area (Å²) in [5, 5.41) is 22.3. The van der Waals surface area contributed by atoms with Gasteiger partial charge in [0.2, 0.25) is 0 Å². The molecule has 7 nitrogen and oxygen atoms in total. The van der Waals surface area contributed by atoms with E-state index in [-0.39, 0.29) is 18.8 Å². The van der Waals surface area contributed by atoms with Crippen LogP contribution in [0.2, 0.25) is 0 Å². The average molecular weight is 416 g/mol. The van der Waals surface area contributed by atoms with Gasteiger partial charge in [-0.05, 0) is 37.8 Å². The maximum Gasteiger partial charge on any atom is 0.329 e. The molecule has 2 N–H and O–H groups in total. The van der Waals surface area contributed by atoms with Crippen LogP contribution in [0.4, 0.5) is 0 Å². The van der Waals surface area contributed by atoms with Crippen LogP contribution in [-0.4, -0.2) is 43.5 Å². The topological polar surface area (TPSA) is 108 Å². The molecule has 0 spiro atoms. The number of aliphatic carboxylic acids is 2. The van der Waals surface area contributed by atoms with Crippen LogP contribution in [-0.2, 0) is 9.59 Å². The molecule has 2 heterocycles. The highest BCUT2D eigenvalue weighted by molar-refractivity contribution is 7.09. The van der Waals surface area contributed by atoms with Crippen molar-refractivity contribution < 1.29 is 24.6 Å². The van der Waals surface area contributed by atoms with E-state index in [1.807, 2.05) is 20.8 Å². The first-order chi connectivity index (χ1) is 13.7. The standard InChI is InChI=1S/C21H24N2O5S/c1-12(2)10-21(20(27)28)11-15(19(25)26)16(17-22-8-9-29-17)23(21)18(24)14-6-4-13(3)5-7-14/h4-9,12,15-16H,10-11H2,1-3H3,(H,25,26)(H,27,28). The minimum absolute atomic E-state index is 0.0519. The predicted molar refractivity (Wildman–Crippen MR) is 108 cm³/mol. The highest BCUT2D eigenvalue weighted by Gasteiger charge is 2.61. The molecule has 3 unspecified atom stereocenters. The Morgan fingerprint density at radius 1 is 1.24 bits per heavy atom. The maximum absolute atomic E-state index is 13.6. The molecule has 29 heavy (non-hydrogen) atoms. The number of amides is 1. The van der Waals surface area contributed by atoms with E-state index in [0.717, 1.165) is 5.56 Å². The van der Waals surface area contributed by atoms with Crippen LogP contribution in [0.5, 0.6) is 0 Å². The zero-order valence-electron chi connectivity index (χ0n) is 16.5. The van der Waals surface area contributed by atoms with Gasteiger partial charge in [0.25, 0.3) is 5.91 Å². The van der Waals surface area contributed by atoms with Crippen molar-refractivity contribution in [3.8, 4) is 0 Å². The number of benzene rings is 1. The number of rotatable bonds is 6. The molecule has 1 saturated heterocycles. The number of hydrogen-bond donors (Lipinski definition) is 2. The maximum atomic E-state index is 13.6. The highest BCUT2D eigenvalue weighted by Crippen LogP contribution is 2.50. The fraction of sp³-hybridized carbons (Fsp3) is 0.429. The normalized spacial score (nSPS) is 24.1. The van der Waals surface area contributed by atoms with Gasteiger partial charge in [0.15, 0.2) is 0 Å². The number of nitrogens with zero attached hydrogens (tertiary/aromatic N) is 2. The summed E-state index contributed by atoms with van der Waals surface area (Å²) in [6.45, 7) is 5.63.